The molecule has 4 heteroatoms. The maximum absolute atomic E-state index is 5.77. The molecule has 0 saturated heterocycles. The zero-order chi connectivity index (χ0) is 10.8. The topological polar surface area (TPSA) is 55.9 Å². The molecule has 3 atom stereocenters. The lowest BCUT2D eigenvalue weighted by Crippen LogP contribution is -2.31. The van der Waals surface area contributed by atoms with Crippen LogP contribution in [0.5, 0.6) is 0 Å². The number of hydrogen-bond acceptors (Lipinski definition) is 3. The SMILES string of the molecule is CC1CC1CNC(CN)c1cncn1C. The minimum absolute atomic E-state index is 0.241. The van der Waals surface area contributed by atoms with E-state index in [4.69, 9.17) is 5.73 Å². The fourth-order valence-electron chi connectivity index (χ4n) is 1.99. The van der Waals surface area contributed by atoms with Crippen molar-refractivity contribution in [2.75, 3.05) is 13.1 Å². The van der Waals surface area contributed by atoms with Gasteiger partial charge in [-0.2, -0.15) is 0 Å². The number of rotatable bonds is 5. The molecule has 0 amide bonds. The molecule has 3 N–H and O–H groups in total. The van der Waals surface area contributed by atoms with E-state index in [9.17, 15) is 0 Å². The zero-order valence-corrected chi connectivity index (χ0v) is 9.48. The quantitative estimate of drug-likeness (QED) is 0.747. The summed E-state index contributed by atoms with van der Waals surface area (Å²) in [7, 11) is 2.01. The third-order valence-corrected chi connectivity index (χ3v) is 3.35. The molecular formula is C11H20N4. The minimum Gasteiger partial charge on any atom is -0.336 e. The van der Waals surface area contributed by atoms with E-state index in [0.717, 1.165) is 18.4 Å². The smallest absolute Gasteiger partial charge is 0.0946 e. The normalized spacial score (nSPS) is 26.6. The second-order valence-electron chi connectivity index (χ2n) is 4.60. The average molecular weight is 208 g/mol. The van der Waals surface area contributed by atoms with Gasteiger partial charge in [-0.3, -0.25) is 0 Å². The highest BCUT2D eigenvalue weighted by Crippen LogP contribution is 2.37. The lowest BCUT2D eigenvalue weighted by molar-refractivity contribution is 0.491. The molecule has 0 radical (unpaired) electrons. The summed E-state index contributed by atoms with van der Waals surface area (Å²) in [6, 6.07) is 0.241. The largest absolute Gasteiger partial charge is 0.336 e. The molecule has 2 rings (SSSR count). The van der Waals surface area contributed by atoms with E-state index in [0.29, 0.717) is 6.54 Å². The van der Waals surface area contributed by atoms with E-state index < -0.39 is 0 Å². The van der Waals surface area contributed by atoms with Gasteiger partial charge in [-0.05, 0) is 24.8 Å². The van der Waals surface area contributed by atoms with Crippen molar-refractivity contribution in [1.82, 2.24) is 14.9 Å². The first kappa shape index (κ1) is 10.6. The number of nitrogens with two attached hydrogens (primary N) is 1. The highest BCUT2D eigenvalue weighted by molar-refractivity contribution is 5.05. The van der Waals surface area contributed by atoms with E-state index in [1.165, 1.54) is 12.1 Å². The van der Waals surface area contributed by atoms with Gasteiger partial charge >= 0.3 is 0 Å². The first-order valence-corrected chi connectivity index (χ1v) is 5.62. The van der Waals surface area contributed by atoms with Crippen LogP contribution in [0.2, 0.25) is 0 Å². The van der Waals surface area contributed by atoms with Crippen LogP contribution in [0, 0.1) is 11.8 Å². The summed E-state index contributed by atoms with van der Waals surface area (Å²) in [5.74, 6) is 1.75. The molecule has 0 aromatic carbocycles. The molecule has 1 fully saturated rings. The lowest BCUT2D eigenvalue weighted by Gasteiger charge is -2.17. The Bertz CT molecular complexity index is 320. The lowest BCUT2D eigenvalue weighted by atomic mass is 10.2. The predicted molar refractivity (Wildman–Crippen MR) is 60.3 cm³/mol. The number of aromatic nitrogens is 2. The van der Waals surface area contributed by atoms with Crippen LogP contribution in [0.25, 0.3) is 0 Å². The Labute approximate surface area is 90.9 Å². The third-order valence-electron chi connectivity index (χ3n) is 3.35. The molecular weight excluding hydrogens is 188 g/mol. The standard InChI is InChI=1S/C11H20N4/c1-8-3-9(8)5-14-10(4-12)11-6-13-7-15(11)2/h6-10,14H,3-5,12H2,1-2H3. The molecule has 0 bridgehead atoms. The summed E-state index contributed by atoms with van der Waals surface area (Å²) in [5.41, 5.74) is 6.94. The molecule has 3 unspecified atom stereocenters. The van der Waals surface area contributed by atoms with Crippen LogP contribution in [0.3, 0.4) is 0 Å². The molecule has 84 valence electrons. The number of hydrogen-bond donors (Lipinski definition) is 2. The third kappa shape index (κ3) is 2.38. The first-order chi connectivity index (χ1) is 7.22. The Kier molecular flexibility index (Phi) is 3.07. The van der Waals surface area contributed by atoms with Crippen LogP contribution >= 0.6 is 0 Å². The molecule has 1 heterocycles. The average Bonchev–Trinajstić information content (AvgIpc) is 2.75. The van der Waals surface area contributed by atoms with Crippen LogP contribution in [0.4, 0.5) is 0 Å². The van der Waals surface area contributed by atoms with E-state index >= 15 is 0 Å². The van der Waals surface area contributed by atoms with E-state index in [-0.39, 0.29) is 6.04 Å². The molecule has 1 aromatic heterocycles. The van der Waals surface area contributed by atoms with Gasteiger partial charge in [0.15, 0.2) is 0 Å². The maximum atomic E-state index is 5.77. The summed E-state index contributed by atoms with van der Waals surface area (Å²) in [4.78, 5) is 4.12. The molecule has 1 saturated carbocycles. The van der Waals surface area contributed by atoms with Gasteiger partial charge in [0.25, 0.3) is 0 Å². The Morgan fingerprint density at radius 1 is 1.73 bits per heavy atom. The summed E-state index contributed by atoms with van der Waals surface area (Å²) in [6.07, 6.45) is 5.07. The Morgan fingerprint density at radius 2 is 2.47 bits per heavy atom. The van der Waals surface area contributed by atoms with Crippen LogP contribution in [0.15, 0.2) is 12.5 Å². The second kappa shape index (κ2) is 4.33. The maximum Gasteiger partial charge on any atom is 0.0946 e. The number of imidazole rings is 1. The highest BCUT2D eigenvalue weighted by atomic mass is 15.1. The van der Waals surface area contributed by atoms with Crippen molar-refractivity contribution in [3.8, 4) is 0 Å². The van der Waals surface area contributed by atoms with E-state index in [2.05, 4.69) is 17.2 Å². The van der Waals surface area contributed by atoms with Crippen LogP contribution in [-0.4, -0.2) is 22.6 Å². The van der Waals surface area contributed by atoms with Crippen molar-refractivity contribution in [2.24, 2.45) is 24.6 Å². The van der Waals surface area contributed by atoms with Crippen molar-refractivity contribution in [1.29, 1.82) is 0 Å². The first-order valence-electron chi connectivity index (χ1n) is 5.62. The zero-order valence-electron chi connectivity index (χ0n) is 9.48. The van der Waals surface area contributed by atoms with Gasteiger partial charge < -0.3 is 15.6 Å². The highest BCUT2D eigenvalue weighted by Gasteiger charge is 2.32. The van der Waals surface area contributed by atoms with Crippen molar-refractivity contribution in [2.45, 2.75) is 19.4 Å². The van der Waals surface area contributed by atoms with Gasteiger partial charge in [-0.1, -0.05) is 6.92 Å². The molecule has 1 aromatic rings. The van der Waals surface area contributed by atoms with Gasteiger partial charge in [0.1, 0.15) is 0 Å². The van der Waals surface area contributed by atoms with E-state index in [1.807, 2.05) is 24.1 Å². The summed E-state index contributed by atoms with van der Waals surface area (Å²) in [5, 5.41) is 3.52. The van der Waals surface area contributed by atoms with Gasteiger partial charge in [-0.25, -0.2) is 4.98 Å². The van der Waals surface area contributed by atoms with Crippen LogP contribution in [0.1, 0.15) is 25.1 Å². The summed E-state index contributed by atoms with van der Waals surface area (Å²) >= 11 is 0. The Morgan fingerprint density at radius 3 is 2.93 bits per heavy atom. The molecule has 4 nitrogen and oxygen atoms in total. The van der Waals surface area contributed by atoms with Crippen molar-refractivity contribution in [3.05, 3.63) is 18.2 Å². The molecule has 1 aliphatic carbocycles. The van der Waals surface area contributed by atoms with Gasteiger partial charge in [-0.15, -0.1) is 0 Å². The van der Waals surface area contributed by atoms with E-state index in [1.54, 1.807) is 0 Å². The molecule has 0 spiro atoms. The molecule has 0 aliphatic heterocycles. The second-order valence-corrected chi connectivity index (χ2v) is 4.60. The van der Waals surface area contributed by atoms with Crippen molar-refractivity contribution >= 4 is 0 Å². The number of nitrogens with one attached hydrogen (secondary N) is 1. The summed E-state index contributed by atoms with van der Waals surface area (Å²) < 4.78 is 2.03. The predicted octanol–water partition coefficient (Wildman–Crippen LogP) is 0.665. The van der Waals surface area contributed by atoms with Gasteiger partial charge in [0, 0.05) is 19.8 Å². The number of aryl methyl sites for hydroxylation is 1. The monoisotopic (exact) mass is 208 g/mol. The van der Waals surface area contributed by atoms with Gasteiger partial charge in [0.05, 0.1) is 18.1 Å². The Balaban J connectivity index is 1.90. The molecule has 15 heavy (non-hydrogen) atoms. The fraction of sp³-hybridized carbons (Fsp3) is 0.727. The number of nitrogens with zero attached hydrogens (tertiary/aromatic N) is 2. The molecule has 1 aliphatic rings. The fourth-order valence-corrected chi connectivity index (χ4v) is 1.99. The van der Waals surface area contributed by atoms with Crippen molar-refractivity contribution in [3.63, 3.8) is 0 Å². The van der Waals surface area contributed by atoms with Gasteiger partial charge in [0.2, 0.25) is 0 Å². The van der Waals surface area contributed by atoms with Crippen LogP contribution < -0.4 is 11.1 Å². The van der Waals surface area contributed by atoms with Crippen molar-refractivity contribution < 1.29 is 0 Å². The Hall–Kier alpha value is -0.870. The van der Waals surface area contributed by atoms with Crippen LogP contribution in [-0.2, 0) is 7.05 Å². The minimum atomic E-state index is 0.241. The summed E-state index contributed by atoms with van der Waals surface area (Å²) in [6.45, 7) is 4.00.